The van der Waals surface area contributed by atoms with E-state index in [1.165, 1.54) is 16.7 Å². The summed E-state index contributed by atoms with van der Waals surface area (Å²) in [4.78, 5) is 30.4. The molecule has 202 valence electrons. The van der Waals surface area contributed by atoms with Crippen LogP contribution >= 0.6 is 0 Å². The van der Waals surface area contributed by atoms with Crippen LogP contribution < -0.4 is 21.3 Å². The van der Waals surface area contributed by atoms with Crippen molar-refractivity contribution in [3.05, 3.63) is 64.2 Å². The Labute approximate surface area is 225 Å². The van der Waals surface area contributed by atoms with Crippen LogP contribution in [0.4, 0.5) is 23.5 Å². The Hall–Kier alpha value is -3.72. The average molecular weight is 517 g/mol. The van der Waals surface area contributed by atoms with Gasteiger partial charge < -0.3 is 21.3 Å². The largest absolute Gasteiger partial charge is 0.366 e. The van der Waals surface area contributed by atoms with E-state index in [9.17, 15) is 4.79 Å². The molecule has 1 saturated heterocycles. The average Bonchev–Trinajstić information content (AvgIpc) is 3.28. The van der Waals surface area contributed by atoms with E-state index in [1.807, 2.05) is 24.9 Å². The molecule has 1 aliphatic rings. The summed E-state index contributed by atoms with van der Waals surface area (Å²) >= 11 is 0. The van der Waals surface area contributed by atoms with Crippen LogP contribution in [-0.4, -0.2) is 58.5 Å². The molecule has 4 rings (SSSR count). The molecule has 0 bridgehead atoms. The fraction of sp³-hybridized carbons (Fsp3) is 0.448. The Balaban J connectivity index is 1.53. The number of primary amides is 1. The molecule has 1 aromatic heterocycles. The number of amides is 1. The molecular formula is C29H40N8O. The second-order valence-corrected chi connectivity index (χ2v) is 10.9. The minimum Gasteiger partial charge on any atom is -0.366 e. The van der Waals surface area contributed by atoms with Crippen LogP contribution in [0.3, 0.4) is 0 Å². The number of anilines is 4. The zero-order valence-corrected chi connectivity index (χ0v) is 23.4. The van der Waals surface area contributed by atoms with Gasteiger partial charge >= 0.3 is 0 Å². The molecule has 4 N–H and O–H groups in total. The lowest BCUT2D eigenvalue weighted by Crippen LogP contribution is -2.28. The Bertz CT molecular complexity index is 1290. The molecule has 2 aromatic carbocycles. The quantitative estimate of drug-likeness (QED) is 0.363. The molecule has 1 amide bonds. The molecule has 1 atom stereocenters. The Morgan fingerprint density at radius 3 is 2.55 bits per heavy atom. The van der Waals surface area contributed by atoms with E-state index >= 15 is 0 Å². The van der Waals surface area contributed by atoms with E-state index < -0.39 is 5.91 Å². The number of carbonyl (C=O) groups excluding carboxylic acids is 1. The van der Waals surface area contributed by atoms with Crippen molar-refractivity contribution in [1.82, 2.24) is 19.9 Å². The normalized spacial score (nSPS) is 15.6. The summed E-state index contributed by atoms with van der Waals surface area (Å²) in [6.45, 7) is 14.3. The minimum atomic E-state index is -0.477. The maximum Gasteiger partial charge on any atom is 0.248 e. The lowest BCUT2D eigenvalue weighted by atomic mass is 10.1. The fourth-order valence-corrected chi connectivity index (χ4v) is 4.86. The van der Waals surface area contributed by atoms with Gasteiger partial charge in [0, 0.05) is 50.5 Å². The van der Waals surface area contributed by atoms with Crippen molar-refractivity contribution < 1.29 is 4.79 Å². The van der Waals surface area contributed by atoms with Crippen LogP contribution in [0.15, 0.2) is 36.4 Å². The Morgan fingerprint density at radius 1 is 1.08 bits per heavy atom. The van der Waals surface area contributed by atoms with Gasteiger partial charge in [-0.3, -0.25) is 9.69 Å². The van der Waals surface area contributed by atoms with E-state index in [0.29, 0.717) is 29.3 Å². The third-order valence-electron chi connectivity index (χ3n) is 6.87. The first-order chi connectivity index (χ1) is 18.1. The molecule has 2 heterocycles. The second-order valence-electron chi connectivity index (χ2n) is 10.9. The van der Waals surface area contributed by atoms with Crippen LogP contribution in [0.5, 0.6) is 0 Å². The van der Waals surface area contributed by atoms with Gasteiger partial charge in [0.2, 0.25) is 23.8 Å². The molecule has 9 heteroatoms. The van der Waals surface area contributed by atoms with Gasteiger partial charge in [0.15, 0.2) is 0 Å². The van der Waals surface area contributed by atoms with E-state index in [4.69, 9.17) is 15.7 Å². The van der Waals surface area contributed by atoms with Gasteiger partial charge in [0.1, 0.15) is 0 Å². The van der Waals surface area contributed by atoms with Crippen molar-refractivity contribution in [2.75, 3.05) is 42.2 Å². The number of hydrogen-bond donors (Lipinski definition) is 3. The third-order valence-corrected chi connectivity index (χ3v) is 6.87. The van der Waals surface area contributed by atoms with Crippen LogP contribution in [0, 0.1) is 26.7 Å². The predicted octanol–water partition coefficient (Wildman–Crippen LogP) is 4.42. The maximum absolute atomic E-state index is 11.7. The van der Waals surface area contributed by atoms with Crippen molar-refractivity contribution in [3.8, 4) is 0 Å². The number of carbonyl (C=O) groups is 1. The lowest BCUT2D eigenvalue weighted by molar-refractivity contribution is 0.100. The van der Waals surface area contributed by atoms with Crippen LogP contribution in [-0.2, 0) is 6.54 Å². The van der Waals surface area contributed by atoms with E-state index in [0.717, 1.165) is 43.9 Å². The van der Waals surface area contributed by atoms with Gasteiger partial charge in [0.25, 0.3) is 0 Å². The number of nitrogens with one attached hydrogen (secondary N) is 2. The topological polar surface area (TPSA) is 112 Å². The van der Waals surface area contributed by atoms with E-state index in [2.05, 4.69) is 66.4 Å². The van der Waals surface area contributed by atoms with Crippen LogP contribution in [0.1, 0.15) is 52.9 Å². The molecule has 3 aromatic rings. The molecule has 0 aliphatic carbocycles. The van der Waals surface area contributed by atoms with Gasteiger partial charge in [-0.25, -0.2) is 0 Å². The minimum absolute atomic E-state index is 0.235. The first kappa shape index (κ1) is 27.3. The predicted molar refractivity (Wildman–Crippen MR) is 154 cm³/mol. The molecule has 0 saturated carbocycles. The number of benzene rings is 2. The molecule has 1 fully saturated rings. The first-order valence-electron chi connectivity index (χ1n) is 13.3. The summed E-state index contributed by atoms with van der Waals surface area (Å²) in [5.41, 5.74) is 11.6. The molecule has 1 aliphatic heterocycles. The number of rotatable bonds is 10. The van der Waals surface area contributed by atoms with Crippen LogP contribution in [0.2, 0.25) is 0 Å². The van der Waals surface area contributed by atoms with Gasteiger partial charge in [-0.2, -0.15) is 15.0 Å². The second kappa shape index (κ2) is 11.8. The Morgan fingerprint density at radius 2 is 1.84 bits per heavy atom. The summed E-state index contributed by atoms with van der Waals surface area (Å²) in [6.07, 6.45) is 1.01. The number of likely N-dealkylation sites (tertiary alicyclic amines) is 1. The molecular weight excluding hydrogens is 476 g/mol. The van der Waals surface area contributed by atoms with Crippen molar-refractivity contribution in [3.63, 3.8) is 0 Å². The molecule has 1 unspecified atom stereocenters. The summed E-state index contributed by atoms with van der Waals surface area (Å²) < 4.78 is 0. The summed E-state index contributed by atoms with van der Waals surface area (Å²) in [7, 11) is 1.99. The molecule has 38 heavy (non-hydrogen) atoms. The van der Waals surface area contributed by atoms with Gasteiger partial charge in [-0.15, -0.1) is 0 Å². The number of aromatic nitrogens is 3. The van der Waals surface area contributed by atoms with Crippen molar-refractivity contribution in [2.45, 2.75) is 53.6 Å². The fourth-order valence-electron chi connectivity index (χ4n) is 4.86. The summed E-state index contributed by atoms with van der Waals surface area (Å²) in [6, 6.07) is 12.2. The number of nitrogens with zero attached hydrogens (tertiary/aromatic N) is 5. The zero-order valence-electron chi connectivity index (χ0n) is 23.4. The number of nitrogens with two attached hydrogens (primary N) is 1. The Kier molecular flexibility index (Phi) is 8.46. The highest BCUT2D eigenvalue weighted by molar-refractivity contribution is 5.94. The highest BCUT2D eigenvalue weighted by Gasteiger charge is 2.24. The number of hydrogen-bond acceptors (Lipinski definition) is 8. The van der Waals surface area contributed by atoms with Crippen molar-refractivity contribution in [1.29, 1.82) is 0 Å². The highest BCUT2D eigenvalue weighted by atomic mass is 16.1. The van der Waals surface area contributed by atoms with Crippen molar-refractivity contribution >= 4 is 29.4 Å². The maximum atomic E-state index is 11.7. The van der Waals surface area contributed by atoms with Gasteiger partial charge in [-0.1, -0.05) is 43.7 Å². The molecule has 0 radical (unpaired) electrons. The molecule has 9 nitrogen and oxygen atoms in total. The SMILES string of the molecule is Cc1ccc(CN2CCC(Nc3nc(Nc4cc(C(N)=O)ccc4C)nc(N(C)CC(C)C)n3)C2)c(C)c1. The lowest BCUT2D eigenvalue weighted by Gasteiger charge is -2.22. The monoisotopic (exact) mass is 516 g/mol. The summed E-state index contributed by atoms with van der Waals surface area (Å²) in [5, 5.41) is 6.84. The first-order valence-corrected chi connectivity index (χ1v) is 13.3. The zero-order chi connectivity index (χ0) is 27.4. The highest BCUT2D eigenvalue weighted by Crippen LogP contribution is 2.24. The smallest absolute Gasteiger partial charge is 0.248 e. The van der Waals surface area contributed by atoms with Crippen molar-refractivity contribution in [2.24, 2.45) is 11.7 Å². The molecule has 0 spiro atoms. The van der Waals surface area contributed by atoms with Crippen LogP contribution in [0.25, 0.3) is 0 Å². The summed E-state index contributed by atoms with van der Waals surface area (Å²) in [5.74, 6) is 1.52. The number of aryl methyl sites for hydroxylation is 3. The van der Waals surface area contributed by atoms with E-state index in [-0.39, 0.29) is 6.04 Å². The van der Waals surface area contributed by atoms with E-state index in [1.54, 1.807) is 12.1 Å². The van der Waals surface area contributed by atoms with Gasteiger partial charge in [0.05, 0.1) is 0 Å². The third kappa shape index (κ3) is 6.98. The van der Waals surface area contributed by atoms with Gasteiger partial charge in [-0.05, 0) is 61.9 Å². The standard InChI is InChI=1S/C29H40N8O/c1-18(2)15-36(6)29-34-27(33-28(35-29)32-25-14-22(26(30)38)10-8-20(25)4)31-24-11-12-37(17-24)16-23-9-7-19(3)13-21(23)5/h7-10,13-14,18,24H,11-12,15-17H2,1-6H3,(H2,30,38)(H2,31,32,33,34,35).